The first-order valence-corrected chi connectivity index (χ1v) is 8.18. The molecule has 0 spiro atoms. The van der Waals surface area contributed by atoms with Crippen LogP contribution in [-0.4, -0.2) is 44.7 Å². The normalized spacial score (nSPS) is 10.2. The van der Waals surface area contributed by atoms with Gasteiger partial charge in [0.1, 0.15) is 6.54 Å². The second kappa shape index (κ2) is 9.10. The Morgan fingerprint density at radius 1 is 0.962 bits per heavy atom. The molecule has 0 aliphatic heterocycles. The Labute approximate surface area is 157 Å². The van der Waals surface area contributed by atoms with Crippen LogP contribution in [0.5, 0.6) is 11.5 Å². The quantitative estimate of drug-likeness (QED) is 0.693. The fourth-order valence-electron chi connectivity index (χ4n) is 2.38. The van der Waals surface area contributed by atoms with Gasteiger partial charge in [-0.15, -0.1) is 0 Å². The third kappa shape index (κ3) is 4.89. The van der Waals surface area contributed by atoms with Crippen LogP contribution in [0.25, 0.3) is 0 Å². The van der Waals surface area contributed by atoms with Crippen molar-refractivity contribution in [1.82, 2.24) is 4.90 Å². The Morgan fingerprint density at radius 3 is 2.19 bits per heavy atom. The van der Waals surface area contributed by atoms with Gasteiger partial charge in [-0.05, 0) is 35.9 Å². The molecule has 0 saturated heterocycles. The molecule has 26 heavy (non-hydrogen) atoms. The summed E-state index contributed by atoms with van der Waals surface area (Å²) >= 11 is 5.89. The van der Waals surface area contributed by atoms with Crippen LogP contribution in [0, 0.1) is 0 Å². The van der Waals surface area contributed by atoms with Crippen molar-refractivity contribution in [3.8, 4) is 11.5 Å². The van der Waals surface area contributed by atoms with E-state index in [0.717, 1.165) is 5.56 Å². The van der Waals surface area contributed by atoms with Crippen LogP contribution in [0.4, 0.5) is 0 Å². The van der Waals surface area contributed by atoms with Crippen molar-refractivity contribution in [2.24, 2.45) is 0 Å². The van der Waals surface area contributed by atoms with Gasteiger partial charge in [0.2, 0.25) is 0 Å². The van der Waals surface area contributed by atoms with Gasteiger partial charge in [-0.25, -0.2) is 0 Å². The highest BCUT2D eigenvalue weighted by molar-refractivity contribution is 6.30. The number of hydrogen-bond donors (Lipinski definition) is 0. The number of hydrogen-bond acceptors (Lipinski definition) is 5. The van der Waals surface area contributed by atoms with Crippen molar-refractivity contribution in [2.75, 3.05) is 27.9 Å². The second-order valence-corrected chi connectivity index (χ2v) is 5.87. The molecule has 138 valence electrons. The van der Waals surface area contributed by atoms with Crippen molar-refractivity contribution in [3.05, 3.63) is 58.6 Å². The maximum absolute atomic E-state index is 12.9. The van der Waals surface area contributed by atoms with E-state index >= 15 is 0 Å². The van der Waals surface area contributed by atoms with E-state index in [2.05, 4.69) is 0 Å². The zero-order chi connectivity index (χ0) is 19.1. The lowest BCUT2D eigenvalue weighted by Gasteiger charge is -2.22. The van der Waals surface area contributed by atoms with Gasteiger partial charge < -0.3 is 19.1 Å². The summed E-state index contributed by atoms with van der Waals surface area (Å²) in [7, 11) is 4.29. The average molecular weight is 378 g/mol. The van der Waals surface area contributed by atoms with Gasteiger partial charge in [0.15, 0.2) is 11.5 Å². The topological polar surface area (TPSA) is 65.1 Å². The zero-order valence-corrected chi connectivity index (χ0v) is 15.6. The Morgan fingerprint density at radius 2 is 1.62 bits per heavy atom. The predicted octanol–water partition coefficient (Wildman–Crippen LogP) is 3.17. The Hall–Kier alpha value is -2.73. The van der Waals surface area contributed by atoms with E-state index in [4.69, 9.17) is 25.8 Å². The summed E-state index contributed by atoms with van der Waals surface area (Å²) in [6, 6.07) is 11.9. The number of ether oxygens (including phenoxy) is 3. The molecule has 7 heteroatoms. The van der Waals surface area contributed by atoms with Gasteiger partial charge in [0.25, 0.3) is 5.91 Å². The number of esters is 1. The second-order valence-electron chi connectivity index (χ2n) is 5.43. The standard InChI is InChI=1S/C19H20ClNO5/c1-24-16-9-6-14(10-17(16)25-2)19(23)21(12-18(22)26-3)11-13-4-7-15(20)8-5-13/h4-10H,11-12H2,1-3H3. The summed E-state index contributed by atoms with van der Waals surface area (Å²) in [6.07, 6.45) is 0. The van der Waals surface area contributed by atoms with Gasteiger partial charge in [-0.1, -0.05) is 23.7 Å². The number of halogens is 1. The van der Waals surface area contributed by atoms with Crippen molar-refractivity contribution >= 4 is 23.5 Å². The SMILES string of the molecule is COC(=O)CN(Cc1ccc(Cl)cc1)C(=O)c1ccc(OC)c(OC)c1. The van der Waals surface area contributed by atoms with Gasteiger partial charge in [-0.3, -0.25) is 9.59 Å². The third-order valence-corrected chi connectivity index (χ3v) is 4.00. The highest BCUT2D eigenvalue weighted by Gasteiger charge is 2.21. The van der Waals surface area contributed by atoms with Crippen LogP contribution < -0.4 is 9.47 Å². The Balaban J connectivity index is 2.29. The van der Waals surface area contributed by atoms with Crippen LogP contribution >= 0.6 is 11.6 Å². The number of methoxy groups -OCH3 is 3. The van der Waals surface area contributed by atoms with Gasteiger partial charge >= 0.3 is 5.97 Å². The fraction of sp³-hybridized carbons (Fsp3) is 0.263. The molecule has 2 aromatic carbocycles. The highest BCUT2D eigenvalue weighted by atomic mass is 35.5. The molecule has 0 unspecified atom stereocenters. The van der Waals surface area contributed by atoms with E-state index in [0.29, 0.717) is 22.1 Å². The molecule has 0 aliphatic carbocycles. The minimum absolute atomic E-state index is 0.174. The van der Waals surface area contributed by atoms with Crippen LogP contribution in [-0.2, 0) is 16.1 Å². The summed E-state index contributed by atoms with van der Waals surface area (Å²) in [4.78, 5) is 26.1. The van der Waals surface area contributed by atoms with Crippen molar-refractivity contribution in [2.45, 2.75) is 6.54 Å². The number of nitrogens with zero attached hydrogens (tertiary/aromatic N) is 1. The van der Waals surface area contributed by atoms with E-state index in [1.807, 2.05) is 0 Å². The van der Waals surface area contributed by atoms with Crippen molar-refractivity contribution in [1.29, 1.82) is 0 Å². The van der Waals surface area contributed by atoms with Crippen LogP contribution in [0.2, 0.25) is 5.02 Å². The molecule has 2 rings (SSSR count). The number of carbonyl (C=O) groups excluding carboxylic acids is 2. The van der Waals surface area contributed by atoms with E-state index in [1.54, 1.807) is 42.5 Å². The maximum Gasteiger partial charge on any atom is 0.325 e. The lowest BCUT2D eigenvalue weighted by molar-refractivity contribution is -0.141. The monoisotopic (exact) mass is 377 g/mol. The molecule has 6 nitrogen and oxygen atoms in total. The van der Waals surface area contributed by atoms with Crippen LogP contribution in [0.3, 0.4) is 0 Å². The Kier molecular flexibility index (Phi) is 6.86. The van der Waals surface area contributed by atoms with E-state index in [9.17, 15) is 9.59 Å². The number of carbonyl (C=O) groups is 2. The molecule has 0 bridgehead atoms. The van der Waals surface area contributed by atoms with Crippen LogP contribution in [0.1, 0.15) is 15.9 Å². The largest absolute Gasteiger partial charge is 0.493 e. The van der Waals surface area contributed by atoms with Gasteiger partial charge in [-0.2, -0.15) is 0 Å². The molecular formula is C19H20ClNO5. The molecule has 2 aromatic rings. The fourth-order valence-corrected chi connectivity index (χ4v) is 2.51. The molecular weight excluding hydrogens is 358 g/mol. The lowest BCUT2D eigenvalue weighted by Crippen LogP contribution is -2.35. The zero-order valence-electron chi connectivity index (χ0n) is 14.8. The van der Waals surface area contributed by atoms with E-state index in [-0.39, 0.29) is 19.0 Å². The first-order chi connectivity index (χ1) is 12.5. The maximum atomic E-state index is 12.9. The van der Waals surface area contributed by atoms with E-state index < -0.39 is 5.97 Å². The molecule has 0 radical (unpaired) electrons. The summed E-state index contributed by atoms with van der Waals surface area (Å²) in [5.74, 6) is 0.114. The number of rotatable bonds is 7. The summed E-state index contributed by atoms with van der Waals surface area (Å²) in [5, 5.41) is 0.597. The van der Waals surface area contributed by atoms with E-state index in [1.165, 1.54) is 26.2 Å². The first kappa shape index (κ1) is 19.6. The Bertz CT molecular complexity index is 776. The molecule has 0 saturated carbocycles. The van der Waals surface area contributed by atoms with Crippen LogP contribution in [0.15, 0.2) is 42.5 Å². The summed E-state index contributed by atoms with van der Waals surface area (Å²) in [6.45, 7) is 0.0613. The molecule has 0 fully saturated rings. The minimum atomic E-state index is -0.507. The van der Waals surface area contributed by atoms with Gasteiger partial charge in [0, 0.05) is 17.1 Å². The first-order valence-electron chi connectivity index (χ1n) is 7.81. The smallest absolute Gasteiger partial charge is 0.325 e. The molecule has 0 atom stereocenters. The molecule has 0 heterocycles. The summed E-state index contributed by atoms with van der Waals surface area (Å²) < 4.78 is 15.1. The third-order valence-electron chi connectivity index (χ3n) is 3.75. The number of amides is 1. The molecule has 0 aromatic heterocycles. The number of benzene rings is 2. The summed E-state index contributed by atoms with van der Waals surface area (Å²) in [5.41, 5.74) is 1.22. The average Bonchev–Trinajstić information content (AvgIpc) is 2.67. The molecule has 0 N–H and O–H groups in total. The highest BCUT2D eigenvalue weighted by Crippen LogP contribution is 2.28. The van der Waals surface area contributed by atoms with Crippen molar-refractivity contribution < 1.29 is 23.8 Å². The molecule has 1 amide bonds. The lowest BCUT2D eigenvalue weighted by atomic mass is 10.1. The van der Waals surface area contributed by atoms with Crippen molar-refractivity contribution in [3.63, 3.8) is 0 Å². The predicted molar refractivity (Wildman–Crippen MR) is 97.8 cm³/mol. The minimum Gasteiger partial charge on any atom is -0.493 e. The van der Waals surface area contributed by atoms with Gasteiger partial charge in [0.05, 0.1) is 21.3 Å². The molecule has 0 aliphatic rings.